The molecular formula is C27H32N4O2. The number of benzene rings is 1. The molecule has 0 spiro atoms. The minimum atomic E-state index is -0.885. The molecule has 2 saturated carbocycles. The highest BCUT2D eigenvalue weighted by atomic mass is 16.4. The summed E-state index contributed by atoms with van der Waals surface area (Å²) in [5, 5.41) is 19.0. The lowest BCUT2D eigenvalue weighted by Crippen LogP contribution is -2.25. The number of rotatable bonds is 5. The van der Waals surface area contributed by atoms with Crippen LogP contribution in [0.4, 0.5) is 0 Å². The smallest absolute Gasteiger partial charge is 0.339 e. The van der Waals surface area contributed by atoms with Crippen molar-refractivity contribution in [2.24, 2.45) is 0 Å². The minimum Gasteiger partial charge on any atom is -0.478 e. The SMILES string of the molecule is CC1(C)CCc2cnn([C@@H]3CCC[C@@H](c4cccc(-n5ncc(C(=O)O)c5C5CC5)c4)C3)c21. The van der Waals surface area contributed by atoms with Gasteiger partial charge >= 0.3 is 5.97 Å². The Balaban J connectivity index is 1.30. The molecule has 3 aromatic rings. The van der Waals surface area contributed by atoms with Crippen LogP contribution in [-0.4, -0.2) is 30.6 Å². The van der Waals surface area contributed by atoms with Gasteiger partial charge in [-0.1, -0.05) is 32.4 Å². The van der Waals surface area contributed by atoms with Crippen molar-refractivity contribution in [1.82, 2.24) is 19.6 Å². The summed E-state index contributed by atoms with van der Waals surface area (Å²) in [5.74, 6) is -0.0948. The number of hydrogen-bond acceptors (Lipinski definition) is 3. The molecule has 3 aliphatic rings. The van der Waals surface area contributed by atoms with E-state index in [1.807, 2.05) is 4.68 Å². The van der Waals surface area contributed by atoms with Gasteiger partial charge in [-0.05, 0) is 74.1 Å². The number of carbonyl (C=O) groups is 1. The van der Waals surface area contributed by atoms with Gasteiger partial charge in [0.1, 0.15) is 5.56 Å². The second-order valence-corrected chi connectivity index (χ2v) is 10.9. The van der Waals surface area contributed by atoms with Crippen molar-refractivity contribution in [3.63, 3.8) is 0 Å². The summed E-state index contributed by atoms with van der Waals surface area (Å²) in [6, 6.07) is 9.05. The van der Waals surface area contributed by atoms with Crippen molar-refractivity contribution in [1.29, 1.82) is 0 Å². The van der Waals surface area contributed by atoms with E-state index < -0.39 is 5.97 Å². The third-order valence-corrected chi connectivity index (χ3v) is 8.11. The normalized spacial score (nSPS) is 24.1. The first-order chi connectivity index (χ1) is 15.9. The van der Waals surface area contributed by atoms with Gasteiger partial charge in [-0.25, -0.2) is 9.48 Å². The van der Waals surface area contributed by atoms with Crippen LogP contribution in [0.25, 0.3) is 5.69 Å². The summed E-state index contributed by atoms with van der Waals surface area (Å²) >= 11 is 0. The highest BCUT2D eigenvalue weighted by Crippen LogP contribution is 2.45. The van der Waals surface area contributed by atoms with Gasteiger partial charge in [-0.2, -0.15) is 10.2 Å². The molecule has 0 amide bonds. The highest BCUT2D eigenvalue weighted by Gasteiger charge is 2.37. The number of nitrogens with zero attached hydrogens (tertiary/aromatic N) is 4. The fourth-order valence-electron chi connectivity index (χ4n) is 6.25. The van der Waals surface area contributed by atoms with Gasteiger partial charge in [0.2, 0.25) is 0 Å². The fraction of sp³-hybridized carbons (Fsp3) is 0.519. The first kappa shape index (κ1) is 20.7. The van der Waals surface area contributed by atoms with Crippen molar-refractivity contribution in [2.75, 3.05) is 0 Å². The monoisotopic (exact) mass is 444 g/mol. The van der Waals surface area contributed by atoms with Crippen LogP contribution < -0.4 is 0 Å². The standard InChI is InChI=1S/C27H32N4O2/c1-27(2)12-11-20-15-28-31(25(20)27)22-8-4-6-19(14-22)18-5-3-7-21(13-18)30-24(17-9-10-17)23(16-29-30)26(32)33/h3,5,7,13,15-17,19,22H,4,6,8-12,14H2,1-2H3,(H,32,33)/t19-,22-/m1/s1. The van der Waals surface area contributed by atoms with Crippen LogP contribution in [0.3, 0.4) is 0 Å². The lowest BCUT2D eigenvalue weighted by molar-refractivity contribution is 0.0695. The molecule has 0 unspecified atom stereocenters. The van der Waals surface area contributed by atoms with E-state index in [4.69, 9.17) is 5.10 Å². The van der Waals surface area contributed by atoms with Gasteiger partial charge in [-0.15, -0.1) is 0 Å². The van der Waals surface area contributed by atoms with Crippen LogP contribution in [-0.2, 0) is 11.8 Å². The van der Waals surface area contributed by atoms with Crippen molar-refractivity contribution < 1.29 is 9.90 Å². The molecule has 2 atom stereocenters. The molecule has 1 N–H and O–H groups in total. The molecule has 6 rings (SSSR count). The summed E-state index contributed by atoms with van der Waals surface area (Å²) in [6.45, 7) is 4.71. The fourth-order valence-corrected chi connectivity index (χ4v) is 6.25. The van der Waals surface area contributed by atoms with E-state index >= 15 is 0 Å². The van der Waals surface area contributed by atoms with Gasteiger partial charge in [0, 0.05) is 17.0 Å². The summed E-state index contributed by atoms with van der Waals surface area (Å²) in [6.07, 6.45) is 12.7. The minimum absolute atomic E-state index is 0.208. The Bertz CT molecular complexity index is 1220. The molecule has 3 aliphatic carbocycles. The zero-order valence-electron chi connectivity index (χ0n) is 19.5. The second kappa shape index (κ2) is 7.57. The molecule has 0 bridgehead atoms. The maximum Gasteiger partial charge on any atom is 0.339 e. The lowest BCUT2D eigenvalue weighted by atomic mass is 9.80. The van der Waals surface area contributed by atoms with Gasteiger partial charge < -0.3 is 5.11 Å². The number of carboxylic acids is 1. The van der Waals surface area contributed by atoms with Crippen LogP contribution in [0.2, 0.25) is 0 Å². The van der Waals surface area contributed by atoms with E-state index in [9.17, 15) is 9.90 Å². The Morgan fingerprint density at radius 3 is 2.73 bits per heavy atom. The van der Waals surface area contributed by atoms with Crippen LogP contribution >= 0.6 is 0 Å². The molecule has 0 aliphatic heterocycles. The van der Waals surface area contributed by atoms with E-state index in [1.54, 1.807) is 0 Å². The van der Waals surface area contributed by atoms with Gasteiger partial charge in [0.15, 0.2) is 0 Å². The number of aromatic carboxylic acids is 1. The Hall–Kier alpha value is -2.89. The van der Waals surface area contributed by atoms with Crippen molar-refractivity contribution in [2.45, 2.75) is 88.5 Å². The Labute approximate surface area is 194 Å². The quantitative estimate of drug-likeness (QED) is 0.542. The molecule has 2 heterocycles. The van der Waals surface area contributed by atoms with E-state index in [0.29, 0.717) is 23.4 Å². The molecular weight excluding hydrogens is 412 g/mol. The first-order valence-corrected chi connectivity index (χ1v) is 12.4. The van der Waals surface area contributed by atoms with Crippen LogP contribution in [0, 0.1) is 0 Å². The molecule has 0 saturated heterocycles. The maximum absolute atomic E-state index is 11.7. The van der Waals surface area contributed by atoms with Crippen LogP contribution in [0.5, 0.6) is 0 Å². The molecule has 6 heteroatoms. The summed E-state index contributed by atoms with van der Waals surface area (Å²) in [7, 11) is 0. The number of hydrogen-bond donors (Lipinski definition) is 1. The van der Waals surface area contributed by atoms with Gasteiger partial charge in [-0.3, -0.25) is 4.68 Å². The van der Waals surface area contributed by atoms with Crippen molar-refractivity contribution >= 4 is 5.97 Å². The summed E-state index contributed by atoms with van der Waals surface area (Å²) < 4.78 is 4.23. The molecule has 172 valence electrons. The number of carboxylic acid groups (broad SMARTS) is 1. The topological polar surface area (TPSA) is 72.9 Å². The average Bonchev–Trinajstić information content (AvgIpc) is 3.27. The molecule has 0 radical (unpaired) electrons. The number of aryl methyl sites for hydroxylation is 1. The summed E-state index contributed by atoms with van der Waals surface area (Å²) in [4.78, 5) is 11.7. The summed E-state index contributed by atoms with van der Waals surface area (Å²) in [5.41, 5.74) is 6.60. The van der Waals surface area contributed by atoms with Crippen molar-refractivity contribution in [3.05, 3.63) is 64.7 Å². The zero-order chi connectivity index (χ0) is 22.7. The predicted octanol–water partition coefficient (Wildman–Crippen LogP) is 5.77. The predicted molar refractivity (Wildman–Crippen MR) is 126 cm³/mol. The first-order valence-electron chi connectivity index (χ1n) is 12.4. The molecule has 6 nitrogen and oxygen atoms in total. The lowest BCUT2D eigenvalue weighted by Gasteiger charge is -2.33. The van der Waals surface area contributed by atoms with E-state index in [2.05, 4.69) is 54.1 Å². The molecule has 2 fully saturated rings. The molecule has 2 aromatic heterocycles. The Kier molecular flexibility index (Phi) is 4.75. The van der Waals surface area contributed by atoms with Gasteiger partial charge in [0.25, 0.3) is 0 Å². The number of fused-ring (bicyclic) bond motifs is 1. The number of aromatic nitrogens is 4. The van der Waals surface area contributed by atoms with Crippen LogP contribution in [0.15, 0.2) is 36.7 Å². The third kappa shape index (κ3) is 3.51. The van der Waals surface area contributed by atoms with E-state index in [1.165, 1.54) is 48.7 Å². The molecule has 1 aromatic carbocycles. The largest absolute Gasteiger partial charge is 0.478 e. The Morgan fingerprint density at radius 1 is 1.09 bits per heavy atom. The van der Waals surface area contributed by atoms with E-state index in [0.717, 1.165) is 37.1 Å². The third-order valence-electron chi connectivity index (χ3n) is 8.11. The maximum atomic E-state index is 11.7. The van der Waals surface area contributed by atoms with Crippen LogP contribution in [0.1, 0.15) is 110 Å². The second-order valence-electron chi connectivity index (χ2n) is 10.9. The Morgan fingerprint density at radius 2 is 1.94 bits per heavy atom. The average molecular weight is 445 g/mol. The van der Waals surface area contributed by atoms with Gasteiger partial charge in [0.05, 0.1) is 29.8 Å². The highest BCUT2D eigenvalue weighted by molar-refractivity contribution is 5.89. The van der Waals surface area contributed by atoms with Crippen molar-refractivity contribution in [3.8, 4) is 5.69 Å². The van der Waals surface area contributed by atoms with E-state index in [-0.39, 0.29) is 5.41 Å². The zero-order valence-corrected chi connectivity index (χ0v) is 19.5. The molecule has 33 heavy (non-hydrogen) atoms.